The molecule has 1 atom stereocenters. The Morgan fingerprint density at radius 2 is 1.63 bits per heavy atom. The maximum Gasteiger partial charge on any atom is 0.409 e. The topological polar surface area (TPSA) is 53.1 Å². The lowest BCUT2D eigenvalue weighted by atomic mass is 9.99. The van der Waals surface area contributed by atoms with Crippen LogP contribution in [-0.4, -0.2) is 72.6 Å². The molecule has 27 heavy (non-hydrogen) atoms. The number of likely N-dealkylation sites (tertiary alicyclic amines) is 1. The highest BCUT2D eigenvalue weighted by atomic mass is 16.6. The molecular formula is C21H31N3O3. The second kappa shape index (κ2) is 8.74. The lowest BCUT2D eigenvalue weighted by molar-refractivity contribution is -0.134. The first-order chi connectivity index (χ1) is 13.0. The summed E-state index contributed by atoms with van der Waals surface area (Å²) in [7, 11) is 0. The van der Waals surface area contributed by atoms with Gasteiger partial charge in [0.25, 0.3) is 0 Å². The number of piperazine rings is 1. The smallest absolute Gasteiger partial charge is 0.409 e. The van der Waals surface area contributed by atoms with Crippen LogP contribution < -0.4 is 0 Å². The Morgan fingerprint density at radius 3 is 2.26 bits per heavy atom. The number of rotatable bonds is 4. The van der Waals surface area contributed by atoms with Gasteiger partial charge in [0.2, 0.25) is 5.91 Å². The molecule has 148 valence electrons. The van der Waals surface area contributed by atoms with Gasteiger partial charge in [-0.25, -0.2) is 4.79 Å². The molecule has 6 nitrogen and oxygen atoms in total. The van der Waals surface area contributed by atoms with Crippen LogP contribution in [0.3, 0.4) is 0 Å². The van der Waals surface area contributed by atoms with E-state index in [0.717, 1.165) is 19.4 Å². The Morgan fingerprint density at radius 1 is 1.00 bits per heavy atom. The van der Waals surface area contributed by atoms with E-state index in [1.165, 1.54) is 16.7 Å². The number of hydrogen-bond acceptors (Lipinski definition) is 4. The Hall–Kier alpha value is -2.08. The van der Waals surface area contributed by atoms with Gasteiger partial charge in [-0.15, -0.1) is 0 Å². The molecule has 1 aromatic rings. The van der Waals surface area contributed by atoms with E-state index in [-0.39, 0.29) is 12.0 Å². The number of carbonyl (C=O) groups excluding carboxylic acids is 2. The molecule has 3 rings (SSSR count). The molecule has 0 bridgehead atoms. The summed E-state index contributed by atoms with van der Waals surface area (Å²) in [5.41, 5.74) is 3.88. The first kappa shape index (κ1) is 19.7. The summed E-state index contributed by atoms with van der Waals surface area (Å²) in [6, 6.07) is 7.02. The van der Waals surface area contributed by atoms with Crippen LogP contribution in [0.25, 0.3) is 0 Å². The zero-order valence-electron chi connectivity index (χ0n) is 16.7. The van der Waals surface area contributed by atoms with Crippen molar-refractivity contribution in [2.75, 3.05) is 45.9 Å². The lowest BCUT2D eigenvalue weighted by Crippen LogP contribution is -2.52. The fourth-order valence-electron chi connectivity index (χ4n) is 4.22. The summed E-state index contributed by atoms with van der Waals surface area (Å²) in [6.07, 6.45) is 1.95. The highest BCUT2D eigenvalue weighted by molar-refractivity contribution is 5.79. The van der Waals surface area contributed by atoms with Gasteiger partial charge in [-0.1, -0.05) is 29.3 Å². The van der Waals surface area contributed by atoms with Gasteiger partial charge in [0, 0.05) is 32.2 Å². The van der Waals surface area contributed by atoms with E-state index in [0.29, 0.717) is 45.4 Å². The van der Waals surface area contributed by atoms with Gasteiger partial charge >= 0.3 is 6.09 Å². The van der Waals surface area contributed by atoms with Gasteiger partial charge in [-0.05, 0) is 45.7 Å². The SMILES string of the molecule is CCOC(=O)N1CCN(C(=O)CN2CCCC2c2cc(C)cc(C)c2)CC1. The molecular weight excluding hydrogens is 342 g/mol. The third-order valence-corrected chi connectivity index (χ3v) is 5.49. The van der Waals surface area contributed by atoms with E-state index in [9.17, 15) is 9.59 Å². The third kappa shape index (κ3) is 4.80. The summed E-state index contributed by atoms with van der Waals surface area (Å²) in [6.45, 7) is 10.1. The number of carbonyl (C=O) groups is 2. The van der Waals surface area contributed by atoms with Gasteiger partial charge in [0.15, 0.2) is 0 Å². The molecule has 2 aliphatic heterocycles. The highest BCUT2D eigenvalue weighted by Gasteiger charge is 2.31. The molecule has 0 aliphatic carbocycles. The fraction of sp³-hybridized carbons (Fsp3) is 0.619. The van der Waals surface area contributed by atoms with Gasteiger partial charge in [0.05, 0.1) is 13.2 Å². The highest BCUT2D eigenvalue weighted by Crippen LogP contribution is 2.32. The molecule has 6 heteroatoms. The van der Waals surface area contributed by atoms with Crippen molar-refractivity contribution in [3.8, 4) is 0 Å². The van der Waals surface area contributed by atoms with Gasteiger partial charge < -0.3 is 14.5 Å². The zero-order chi connectivity index (χ0) is 19.4. The minimum Gasteiger partial charge on any atom is -0.450 e. The largest absolute Gasteiger partial charge is 0.450 e. The second-order valence-electron chi connectivity index (χ2n) is 7.62. The summed E-state index contributed by atoms with van der Waals surface area (Å²) >= 11 is 0. The summed E-state index contributed by atoms with van der Waals surface area (Å²) < 4.78 is 5.04. The predicted octanol–water partition coefficient (Wildman–Crippen LogP) is 2.74. The van der Waals surface area contributed by atoms with Crippen molar-refractivity contribution in [1.29, 1.82) is 0 Å². The van der Waals surface area contributed by atoms with Crippen molar-refractivity contribution < 1.29 is 14.3 Å². The van der Waals surface area contributed by atoms with Crippen LogP contribution in [0.1, 0.15) is 42.5 Å². The Kier molecular flexibility index (Phi) is 6.37. The van der Waals surface area contributed by atoms with Crippen molar-refractivity contribution in [2.45, 2.75) is 39.7 Å². The predicted molar refractivity (Wildman–Crippen MR) is 105 cm³/mol. The molecule has 0 saturated carbocycles. The van der Waals surface area contributed by atoms with Crippen LogP contribution in [0.4, 0.5) is 4.79 Å². The van der Waals surface area contributed by atoms with Crippen LogP contribution in [-0.2, 0) is 9.53 Å². The molecule has 0 radical (unpaired) electrons. The maximum atomic E-state index is 12.8. The average molecular weight is 373 g/mol. The van der Waals surface area contributed by atoms with E-state index in [4.69, 9.17) is 4.74 Å². The van der Waals surface area contributed by atoms with Crippen molar-refractivity contribution in [1.82, 2.24) is 14.7 Å². The van der Waals surface area contributed by atoms with Crippen molar-refractivity contribution >= 4 is 12.0 Å². The Labute approximate surface area is 162 Å². The molecule has 0 aromatic heterocycles. The van der Waals surface area contributed by atoms with Gasteiger partial charge in [0.1, 0.15) is 0 Å². The standard InChI is InChI=1S/C21H31N3O3/c1-4-27-21(26)23-10-8-22(9-11-23)20(25)15-24-7-5-6-19(24)18-13-16(2)12-17(3)14-18/h12-14,19H,4-11,15H2,1-3H3. The fourth-order valence-corrected chi connectivity index (χ4v) is 4.22. The molecule has 2 amide bonds. The quantitative estimate of drug-likeness (QED) is 0.814. The van der Waals surface area contributed by atoms with E-state index < -0.39 is 0 Å². The zero-order valence-corrected chi connectivity index (χ0v) is 16.7. The molecule has 2 saturated heterocycles. The number of hydrogen-bond donors (Lipinski definition) is 0. The van der Waals surface area contributed by atoms with Crippen LogP contribution in [0.2, 0.25) is 0 Å². The maximum absolute atomic E-state index is 12.8. The average Bonchev–Trinajstić information content (AvgIpc) is 3.09. The summed E-state index contributed by atoms with van der Waals surface area (Å²) in [5, 5.41) is 0. The second-order valence-corrected chi connectivity index (χ2v) is 7.62. The molecule has 2 heterocycles. The molecule has 0 spiro atoms. The molecule has 1 aromatic carbocycles. The van der Waals surface area contributed by atoms with Gasteiger partial charge in [-0.2, -0.15) is 0 Å². The molecule has 0 N–H and O–H groups in total. The minimum atomic E-state index is -0.279. The normalized spacial score (nSPS) is 20.8. The first-order valence-electron chi connectivity index (χ1n) is 9.99. The van der Waals surface area contributed by atoms with E-state index >= 15 is 0 Å². The lowest BCUT2D eigenvalue weighted by Gasteiger charge is -2.35. The number of ether oxygens (including phenoxy) is 1. The summed E-state index contributed by atoms with van der Waals surface area (Å²) in [5.74, 6) is 0.162. The number of benzene rings is 1. The first-order valence-corrected chi connectivity index (χ1v) is 9.99. The van der Waals surface area contributed by atoms with Crippen molar-refractivity contribution in [3.05, 3.63) is 34.9 Å². The Bertz CT molecular complexity index is 663. The number of amides is 2. The van der Waals surface area contributed by atoms with Crippen molar-refractivity contribution in [3.63, 3.8) is 0 Å². The molecule has 2 aliphatic rings. The molecule has 2 fully saturated rings. The van der Waals surface area contributed by atoms with Crippen LogP contribution in [0, 0.1) is 13.8 Å². The van der Waals surface area contributed by atoms with E-state index in [1.807, 2.05) is 4.90 Å². The van der Waals surface area contributed by atoms with Crippen LogP contribution >= 0.6 is 0 Å². The van der Waals surface area contributed by atoms with Crippen LogP contribution in [0.15, 0.2) is 18.2 Å². The molecule has 1 unspecified atom stereocenters. The number of aryl methyl sites for hydroxylation is 2. The summed E-state index contributed by atoms with van der Waals surface area (Å²) in [4.78, 5) is 30.5. The monoisotopic (exact) mass is 373 g/mol. The van der Waals surface area contributed by atoms with E-state index in [1.54, 1.807) is 11.8 Å². The number of nitrogens with zero attached hydrogens (tertiary/aromatic N) is 3. The Balaban J connectivity index is 1.57. The van der Waals surface area contributed by atoms with Crippen molar-refractivity contribution in [2.24, 2.45) is 0 Å². The third-order valence-electron chi connectivity index (χ3n) is 5.49. The van der Waals surface area contributed by atoms with Crippen LogP contribution in [0.5, 0.6) is 0 Å². The van der Waals surface area contributed by atoms with Gasteiger partial charge in [-0.3, -0.25) is 9.69 Å². The minimum absolute atomic E-state index is 0.162. The van der Waals surface area contributed by atoms with E-state index in [2.05, 4.69) is 36.9 Å².